The molecule has 2 heterocycles. The standard InChI is InChI=1S/C19H23N3O/c23-19(22-11-4-5-12-22)17-13-18(15-20-14-17)21-10-6-9-16-7-2-1-3-8-16/h1-3,7-8,13-15,21H,4-6,9-12H2. The van der Waals surface area contributed by atoms with Crippen LogP contribution in [0.4, 0.5) is 5.69 Å². The fourth-order valence-corrected chi connectivity index (χ4v) is 2.93. The van der Waals surface area contributed by atoms with Crippen molar-refractivity contribution in [1.29, 1.82) is 0 Å². The average molecular weight is 309 g/mol. The number of hydrogen-bond acceptors (Lipinski definition) is 3. The van der Waals surface area contributed by atoms with Gasteiger partial charge in [-0.1, -0.05) is 30.3 Å². The summed E-state index contributed by atoms with van der Waals surface area (Å²) in [5.74, 6) is 0.0999. The SMILES string of the molecule is O=C(c1cncc(NCCCc2ccccc2)c1)N1CCCC1. The highest BCUT2D eigenvalue weighted by molar-refractivity contribution is 5.94. The molecular weight excluding hydrogens is 286 g/mol. The molecule has 0 spiro atoms. The van der Waals surface area contributed by atoms with Gasteiger partial charge in [-0.15, -0.1) is 0 Å². The van der Waals surface area contributed by atoms with Crippen LogP contribution in [0, 0.1) is 0 Å². The molecule has 1 aromatic carbocycles. The number of rotatable bonds is 6. The molecule has 1 aliphatic heterocycles. The lowest BCUT2D eigenvalue weighted by Crippen LogP contribution is -2.27. The molecule has 1 aliphatic rings. The van der Waals surface area contributed by atoms with Gasteiger partial charge in [-0.2, -0.15) is 0 Å². The number of aryl methyl sites for hydroxylation is 1. The molecule has 0 radical (unpaired) electrons. The fourth-order valence-electron chi connectivity index (χ4n) is 2.93. The minimum absolute atomic E-state index is 0.0999. The summed E-state index contributed by atoms with van der Waals surface area (Å²) in [6, 6.07) is 12.4. The highest BCUT2D eigenvalue weighted by Crippen LogP contribution is 2.15. The van der Waals surface area contributed by atoms with Crippen LogP contribution in [0.1, 0.15) is 35.2 Å². The van der Waals surface area contributed by atoms with Gasteiger partial charge in [-0.3, -0.25) is 9.78 Å². The van der Waals surface area contributed by atoms with Gasteiger partial charge in [0.1, 0.15) is 0 Å². The topological polar surface area (TPSA) is 45.2 Å². The Labute approximate surface area is 137 Å². The van der Waals surface area contributed by atoms with E-state index in [-0.39, 0.29) is 5.91 Å². The molecule has 1 fully saturated rings. The van der Waals surface area contributed by atoms with Crippen molar-refractivity contribution >= 4 is 11.6 Å². The largest absolute Gasteiger partial charge is 0.384 e. The molecule has 120 valence electrons. The normalized spacial score (nSPS) is 14.0. The van der Waals surface area contributed by atoms with Gasteiger partial charge in [0.25, 0.3) is 5.91 Å². The zero-order chi connectivity index (χ0) is 15.9. The van der Waals surface area contributed by atoms with Crippen LogP contribution in [0.3, 0.4) is 0 Å². The fraction of sp³-hybridized carbons (Fsp3) is 0.368. The predicted molar refractivity (Wildman–Crippen MR) is 92.6 cm³/mol. The number of pyridine rings is 1. The molecular formula is C19H23N3O. The van der Waals surface area contributed by atoms with Gasteiger partial charge in [-0.25, -0.2) is 0 Å². The van der Waals surface area contributed by atoms with Crippen LogP contribution in [0.15, 0.2) is 48.8 Å². The Balaban J connectivity index is 1.50. The molecule has 1 saturated heterocycles. The van der Waals surface area contributed by atoms with Crippen LogP contribution < -0.4 is 5.32 Å². The number of nitrogens with zero attached hydrogens (tertiary/aromatic N) is 2. The highest BCUT2D eigenvalue weighted by atomic mass is 16.2. The number of amides is 1. The molecule has 4 nitrogen and oxygen atoms in total. The van der Waals surface area contributed by atoms with Gasteiger partial charge in [0, 0.05) is 32.0 Å². The van der Waals surface area contributed by atoms with Crippen molar-refractivity contribution in [2.75, 3.05) is 25.0 Å². The number of benzene rings is 1. The summed E-state index contributed by atoms with van der Waals surface area (Å²) >= 11 is 0. The third-order valence-corrected chi connectivity index (χ3v) is 4.19. The van der Waals surface area contributed by atoms with Gasteiger partial charge in [0.15, 0.2) is 0 Å². The van der Waals surface area contributed by atoms with Gasteiger partial charge in [-0.05, 0) is 37.3 Å². The molecule has 0 bridgehead atoms. The van der Waals surface area contributed by atoms with Crippen LogP contribution in [0.2, 0.25) is 0 Å². The van der Waals surface area contributed by atoms with Crippen molar-refractivity contribution in [1.82, 2.24) is 9.88 Å². The van der Waals surface area contributed by atoms with E-state index in [1.54, 1.807) is 12.4 Å². The first-order valence-corrected chi connectivity index (χ1v) is 8.35. The van der Waals surface area contributed by atoms with E-state index in [1.165, 1.54) is 5.56 Å². The van der Waals surface area contributed by atoms with Crippen molar-refractivity contribution in [2.45, 2.75) is 25.7 Å². The summed E-state index contributed by atoms with van der Waals surface area (Å²) in [6.45, 7) is 2.61. The Hall–Kier alpha value is -2.36. The summed E-state index contributed by atoms with van der Waals surface area (Å²) < 4.78 is 0. The van der Waals surface area contributed by atoms with Crippen LogP contribution in [-0.2, 0) is 6.42 Å². The molecule has 2 aromatic rings. The molecule has 0 saturated carbocycles. The van der Waals surface area contributed by atoms with Crippen LogP contribution in [-0.4, -0.2) is 35.4 Å². The van der Waals surface area contributed by atoms with E-state index in [0.29, 0.717) is 5.56 Å². The van der Waals surface area contributed by atoms with E-state index in [0.717, 1.165) is 51.0 Å². The van der Waals surface area contributed by atoms with E-state index in [1.807, 2.05) is 17.0 Å². The van der Waals surface area contributed by atoms with Crippen molar-refractivity contribution in [3.63, 3.8) is 0 Å². The maximum atomic E-state index is 12.4. The number of carbonyl (C=O) groups excluding carboxylic acids is 1. The van der Waals surface area contributed by atoms with E-state index in [2.05, 4.69) is 34.6 Å². The van der Waals surface area contributed by atoms with E-state index >= 15 is 0 Å². The molecule has 3 rings (SSSR count). The van der Waals surface area contributed by atoms with Crippen LogP contribution >= 0.6 is 0 Å². The Kier molecular flexibility index (Phi) is 5.25. The maximum absolute atomic E-state index is 12.4. The Morgan fingerprint density at radius 2 is 1.91 bits per heavy atom. The van der Waals surface area contributed by atoms with Crippen molar-refractivity contribution in [3.05, 3.63) is 59.9 Å². The maximum Gasteiger partial charge on any atom is 0.255 e. The molecule has 1 N–H and O–H groups in total. The van der Waals surface area contributed by atoms with Gasteiger partial charge < -0.3 is 10.2 Å². The van der Waals surface area contributed by atoms with Gasteiger partial charge >= 0.3 is 0 Å². The number of aromatic nitrogens is 1. The summed E-state index contributed by atoms with van der Waals surface area (Å²) in [7, 11) is 0. The third kappa shape index (κ3) is 4.31. The average Bonchev–Trinajstić information content (AvgIpc) is 3.14. The van der Waals surface area contributed by atoms with E-state index in [9.17, 15) is 4.79 Å². The highest BCUT2D eigenvalue weighted by Gasteiger charge is 2.19. The smallest absolute Gasteiger partial charge is 0.255 e. The number of anilines is 1. The van der Waals surface area contributed by atoms with Crippen molar-refractivity contribution in [3.8, 4) is 0 Å². The molecule has 0 atom stereocenters. The molecule has 23 heavy (non-hydrogen) atoms. The number of hydrogen-bond donors (Lipinski definition) is 1. The first-order chi connectivity index (χ1) is 11.3. The quantitative estimate of drug-likeness (QED) is 0.832. The minimum atomic E-state index is 0.0999. The summed E-state index contributed by atoms with van der Waals surface area (Å²) in [5, 5.41) is 3.37. The van der Waals surface area contributed by atoms with Crippen LogP contribution in [0.5, 0.6) is 0 Å². The Morgan fingerprint density at radius 3 is 2.70 bits per heavy atom. The van der Waals surface area contributed by atoms with E-state index < -0.39 is 0 Å². The third-order valence-electron chi connectivity index (χ3n) is 4.19. The number of likely N-dealkylation sites (tertiary alicyclic amines) is 1. The summed E-state index contributed by atoms with van der Waals surface area (Å²) in [6.07, 6.45) is 7.76. The Bertz CT molecular complexity index is 636. The lowest BCUT2D eigenvalue weighted by atomic mass is 10.1. The zero-order valence-corrected chi connectivity index (χ0v) is 13.4. The monoisotopic (exact) mass is 309 g/mol. The first-order valence-electron chi connectivity index (χ1n) is 8.35. The Morgan fingerprint density at radius 1 is 1.13 bits per heavy atom. The summed E-state index contributed by atoms with van der Waals surface area (Å²) in [4.78, 5) is 18.5. The number of carbonyl (C=O) groups is 1. The zero-order valence-electron chi connectivity index (χ0n) is 13.4. The second-order valence-corrected chi connectivity index (χ2v) is 5.98. The lowest BCUT2D eigenvalue weighted by molar-refractivity contribution is 0.0792. The van der Waals surface area contributed by atoms with Gasteiger partial charge in [0.05, 0.1) is 11.3 Å². The number of nitrogens with one attached hydrogen (secondary N) is 1. The van der Waals surface area contributed by atoms with E-state index in [4.69, 9.17) is 0 Å². The van der Waals surface area contributed by atoms with Gasteiger partial charge in [0.2, 0.25) is 0 Å². The van der Waals surface area contributed by atoms with Crippen molar-refractivity contribution in [2.24, 2.45) is 0 Å². The van der Waals surface area contributed by atoms with Crippen molar-refractivity contribution < 1.29 is 4.79 Å². The second-order valence-electron chi connectivity index (χ2n) is 5.98. The minimum Gasteiger partial charge on any atom is -0.384 e. The summed E-state index contributed by atoms with van der Waals surface area (Å²) in [5.41, 5.74) is 2.95. The molecule has 1 aromatic heterocycles. The first kappa shape index (κ1) is 15.5. The molecule has 0 aliphatic carbocycles. The predicted octanol–water partition coefficient (Wildman–Crippen LogP) is 3.36. The van der Waals surface area contributed by atoms with Crippen LogP contribution in [0.25, 0.3) is 0 Å². The second kappa shape index (κ2) is 7.77. The molecule has 4 heteroatoms. The molecule has 1 amide bonds. The molecule has 0 unspecified atom stereocenters. The lowest BCUT2D eigenvalue weighted by Gasteiger charge is -2.15.